The zero-order chi connectivity index (χ0) is 16.9. The van der Waals surface area contributed by atoms with Crippen LogP contribution in [0.4, 0.5) is 0 Å². The molecule has 2 aromatic rings. The van der Waals surface area contributed by atoms with E-state index in [1.165, 1.54) is 29.5 Å². The zero-order valence-corrected chi connectivity index (χ0v) is 15.8. The third-order valence-electron chi connectivity index (χ3n) is 4.82. The van der Waals surface area contributed by atoms with Crippen molar-refractivity contribution < 1.29 is 4.79 Å². The Balaban J connectivity index is 1.45. The summed E-state index contributed by atoms with van der Waals surface area (Å²) >= 11 is 3.10. The zero-order valence-electron chi connectivity index (χ0n) is 14.1. The van der Waals surface area contributed by atoms with Gasteiger partial charge in [0.15, 0.2) is 0 Å². The Morgan fingerprint density at radius 1 is 1.46 bits per heavy atom. The predicted molar refractivity (Wildman–Crippen MR) is 98.3 cm³/mol. The van der Waals surface area contributed by atoms with Crippen LogP contribution in [-0.4, -0.2) is 32.9 Å². The van der Waals surface area contributed by atoms with E-state index in [-0.39, 0.29) is 5.91 Å². The molecule has 0 aliphatic heterocycles. The van der Waals surface area contributed by atoms with Gasteiger partial charge in [-0.15, -0.1) is 16.4 Å². The number of H-pyrrole nitrogens is 1. The first kappa shape index (κ1) is 17.5. The molecule has 2 heterocycles. The van der Waals surface area contributed by atoms with Crippen LogP contribution in [0.25, 0.3) is 0 Å². The SMILES string of the molecule is CC1CCCC(NC(=O)CSc2n[nH]c(Cc3cccs3)n2)C1C. The molecule has 5 nitrogen and oxygen atoms in total. The van der Waals surface area contributed by atoms with Crippen molar-refractivity contribution in [3.8, 4) is 0 Å². The maximum absolute atomic E-state index is 12.2. The number of aromatic amines is 1. The molecule has 2 aromatic heterocycles. The van der Waals surface area contributed by atoms with E-state index in [0.717, 1.165) is 18.7 Å². The number of carbonyl (C=O) groups excluding carboxylic acids is 1. The summed E-state index contributed by atoms with van der Waals surface area (Å²) in [6.07, 6.45) is 4.32. The Hall–Kier alpha value is -1.34. The van der Waals surface area contributed by atoms with Gasteiger partial charge in [0.1, 0.15) is 5.82 Å². The molecular weight excluding hydrogens is 340 g/mol. The number of thiophene rings is 1. The fourth-order valence-corrected chi connectivity index (χ4v) is 4.50. The molecule has 2 N–H and O–H groups in total. The van der Waals surface area contributed by atoms with Crippen molar-refractivity contribution in [2.45, 2.75) is 50.7 Å². The van der Waals surface area contributed by atoms with E-state index < -0.39 is 0 Å². The van der Waals surface area contributed by atoms with Crippen LogP contribution in [0.1, 0.15) is 43.8 Å². The van der Waals surface area contributed by atoms with Crippen molar-refractivity contribution in [2.75, 3.05) is 5.75 Å². The molecule has 0 bridgehead atoms. The van der Waals surface area contributed by atoms with Gasteiger partial charge in [-0.3, -0.25) is 9.89 Å². The number of aromatic nitrogens is 3. The van der Waals surface area contributed by atoms with Gasteiger partial charge in [-0.25, -0.2) is 4.98 Å². The lowest BCUT2D eigenvalue weighted by Crippen LogP contribution is -2.44. The average Bonchev–Trinajstić information content (AvgIpc) is 3.22. The van der Waals surface area contributed by atoms with Crippen molar-refractivity contribution in [1.82, 2.24) is 20.5 Å². The molecule has 0 aromatic carbocycles. The number of rotatable bonds is 6. The molecule has 3 atom stereocenters. The number of nitrogens with one attached hydrogen (secondary N) is 2. The van der Waals surface area contributed by atoms with E-state index in [1.54, 1.807) is 11.3 Å². The summed E-state index contributed by atoms with van der Waals surface area (Å²) in [7, 11) is 0. The van der Waals surface area contributed by atoms with Gasteiger partial charge in [-0.1, -0.05) is 44.5 Å². The molecule has 3 unspecified atom stereocenters. The van der Waals surface area contributed by atoms with E-state index in [2.05, 4.69) is 45.8 Å². The summed E-state index contributed by atoms with van der Waals surface area (Å²) in [4.78, 5) is 17.9. The second-order valence-electron chi connectivity index (χ2n) is 6.55. The fourth-order valence-electron chi connectivity index (χ4n) is 3.16. The Bertz CT molecular complexity index is 655. The molecule has 1 saturated carbocycles. The molecule has 1 aliphatic rings. The fraction of sp³-hybridized carbons (Fsp3) is 0.588. The Morgan fingerprint density at radius 3 is 3.12 bits per heavy atom. The minimum Gasteiger partial charge on any atom is -0.352 e. The molecule has 0 spiro atoms. The van der Waals surface area contributed by atoms with Crippen LogP contribution >= 0.6 is 23.1 Å². The van der Waals surface area contributed by atoms with E-state index in [1.807, 2.05) is 6.07 Å². The van der Waals surface area contributed by atoms with Gasteiger partial charge in [0.25, 0.3) is 0 Å². The van der Waals surface area contributed by atoms with Crippen molar-refractivity contribution in [3.63, 3.8) is 0 Å². The van der Waals surface area contributed by atoms with E-state index in [0.29, 0.717) is 28.8 Å². The standard InChI is InChI=1S/C17H24N4OS2/c1-11-5-3-7-14(12(11)2)18-16(22)10-24-17-19-15(20-21-17)9-13-6-4-8-23-13/h4,6,8,11-12,14H,3,5,7,9-10H2,1-2H3,(H,18,22)(H,19,20,21). The Morgan fingerprint density at radius 2 is 2.33 bits per heavy atom. The van der Waals surface area contributed by atoms with Crippen LogP contribution in [0.2, 0.25) is 0 Å². The van der Waals surface area contributed by atoms with Crippen molar-refractivity contribution >= 4 is 29.0 Å². The van der Waals surface area contributed by atoms with E-state index in [9.17, 15) is 4.79 Å². The molecule has 7 heteroatoms. The minimum atomic E-state index is 0.0792. The smallest absolute Gasteiger partial charge is 0.230 e. The van der Waals surface area contributed by atoms with Crippen molar-refractivity contribution in [3.05, 3.63) is 28.2 Å². The van der Waals surface area contributed by atoms with Gasteiger partial charge >= 0.3 is 0 Å². The quantitative estimate of drug-likeness (QED) is 0.770. The maximum Gasteiger partial charge on any atom is 0.230 e. The molecule has 0 saturated heterocycles. The monoisotopic (exact) mass is 364 g/mol. The van der Waals surface area contributed by atoms with E-state index in [4.69, 9.17) is 0 Å². The second kappa shape index (κ2) is 8.16. The Kier molecular flexibility index (Phi) is 5.94. The molecule has 130 valence electrons. The van der Waals surface area contributed by atoms with Gasteiger partial charge in [0.05, 0.1) is 5.75 Å². The van der Waals surface area contributed by atoms with Gasteiger partial charge in [0, 0.05) is 17.3 Å². The molecule has 24 heavy (non-hydrogen) atoms. The molecule has 1 fully saturated rings. The molecule has 3 rings (SSSR count). The lowest BCUT2D eigenvalue weighted by atomic mass is 9.78. The summed E-state index contributed by atoms with van der Waals surface area (Å²) in [5.41, 5.74) is 0. The largest absolute Gasteiger partial charge is 0.352 e. The number of hydrogen-bond donors (Lipinski definition) is 2. The van der Waals surface area contributed by atoms with E-state index >= 15 is 0 Å². The number of amides is 1. The highest BCUT2D eigenvalue weighted by Gasteiger charge is 2.28. The van der Waals surface area contributed by atoms with Gasteiger partial charge < -0.3 is 5.32 Å². The first-order chi connectivity index (χ1) is 11.6. The highest BCUT2D eigenvalue weighted by atomic mass is 32.2. The van der Waals surface area contributed by atoms with Crippen LogP contribution in [0.3, 0.4) is 0 Å². The molecule has 0 radical (unpaired) electrons. The minimum absolute atomic E-state index is 0.0792. The summed E-state index contributed by atoms with van der Waals surface area (Å²) in [6.45, 7) is 4.52. The van der Waals surface area contributed by atoms with Crippen LogP contribution in [0.15, 0.2) is 22.7 Å². The van der Waals surface area contributed by atoms with Crippen molar-refractivity contribution in [2.24, 2.45) is 11.8 Å². The highest BCUT2D eigenvalue weighted by molar-refractivity contribution is 7.99. The first-order valence-corrected chi connectivity index (χ1v) is 10.3. The normalized spacial score (nSPS) is 24.0. The summed E-state index contributed by atoms with van der Waals surface area (Å²) in [6, 6.07) is 4.42. The highest BCUT2D eigenvalue weighted by Crippen LogP contribution is 2.29. The lowest BCUT2D eigenvalue weighted by Gasteiger charge is -2.34. The lowest BCUT2D eigenvalue weighted by molar-refractivity contribution is -0.120. The molecular formula is C17H24N4OS2. The third kappa shape index (κ3) is 4.60. The summed E-state index contributed by atoms with van der Waals surface area (Å²) < 4.78 is 0. The van der Waals surface area contributed by atoms with Gasteiger partial charge in [-0.2, -0.15) is 0 Å². The maximum atomic E-state index is 12.2. The third-order valence-corrected chi connectivity index (χ3v) is 6.54. The van der Waals surface area contributed by atoms with Crippen LogP contribution in [-0.2, 0) is 11.2 Å². The number of thioether (sulfide) groups is 1. The van der Waals surface area contributed by atoms with Crippen LogP contribution < -0.4 is 5.32 Å². The number of nitrogens with zero attached hydrogens (tertiary/aromatic N) is 2. The predicted octanol–water partition coefficient (Wildman–Crippen LogP) is 3.49. The summed E-state index contributed by atoms with van der Waals surface area (Å²) in [5, 5.41) is 13.0. The van der Waals surface area contributed by atoms with Gasteiger partial charge in [-0.05, 0) is 29.7 Å². The van der Waals surface area contributed by atoms with Crippen LogP contribution in [0.5, 0.6) is 0 Å². The summed E-state index contributed by atoms with van der Waals surface area (Å²) in [5.74, 6) is 2.53. The molecule has 1 amide bonds. The molecule has 1 aliphatic carbocycles. The first-order valence-electron chi connectivity index (χ1n) is 8.47. The van der Waals surface area contributed by atoms with Gasteiger partial charge in [0.2, 0.25) is 11.1 Å². The topological polar surface area (TPSA) is 70.7 Å². The second-order valence-corrected chi connectivity index (χ2v) is 8.53. The number of carbonyl (C=O) groups is 1. The number of hydrogen-bond acceptors (Lipinski definition) is 5. The average molecular weight is 365 g/mol. The van der Waals surface area contributed by atoms with Crippen LogP contribution in [0, 0.1) is 11.8 Å². The van der Waals surface area contributed by atoms with Crippen molar-refractivity contribution in [1.29, 1.82) is 0 Å². The Labute approximate surface area is 151 Å².